The van der Waals surface area contributed by atoms with E-state index in [1.807, 2.05) is 7.05 Å². The second-order valence-corrected chi connectivity index (χ2v) is 9.63. The molecular formula is C22H40N6S. The highest BCUT2D eigenvalue weighted by Crippen LogP contribution is 2.19. The van der Waals surface area contributed by atoms with Gasteiger partial charge < -0.3 is 15.5 Å². The summed E-state index contributed by atoms with van der Waals surface area (Å²) in [5.74, 6) is 1.69. The van der Waals surface area contributed by atoms with E-state index < -0.39 is 0 Å². The number of thiazole rings is 1. The van der Waals surface area contributed by atoms with Crippen LogP contribution in [0.25, 0.3) is 0 Å². The van der Waals surface area contributed by atoms with Crippen molar-refractivity contribution < 1.29 is 0 Å². The van der Waals surface area contributed by atoms with Crippen molar-refractivity contribution in [3.8, 4) is 0 Å². The van der Waals surface area contributed by atoms with Crippen molar-refractivity contribution in [3.05, 3.63) is 16.1 Å². The predicted octanol–water partition coefficient (Wildman–Crippen LogP) is 3.09. The number of rotatable bonds is 8. The van der Waals surface area contributed by atoms with E-state index >= 15 is 0 Å². The molecule has 0 radical (unpaired) electrons. The molecule has 0 atom stereocenters. The number of guanidine groups is 1. The van der Waals surface area contributed by atoms with Gasteiger partial charge in [-0.3, -0.25) is 9.89 Å². The van der Waals surface area contributed by atoms with E-state index in [0.29, 0.717) is 0 Å². The average Bonchev–Trinajstić information content (AvgIpc) is 2.98. The standard InChI is InChI=1S/C22H40N6S/c1-19-26-21(18-29-19)17-28-14-8-20(9-15-28)16-25-22(23-2)24-10-7-13-27-11-5-3-4-6-12-27/h18,20H,3-17H2,1-2H3,(H2,23,24,25). The molecule has 2 fully saturated rings. The molecule has 6 nitrogen and oxygen atoms in total. The van der Waals surface area contributed by atoms with Crippen LogP contribution in [0.1, 0.15) is 55.6 Å². The summed E-state index contributed by atoms with van der Waals surface area (Å²) in [7, 11) is 1.88. The molecule has 1 aromatic heterocycles. The van der Waals surface area contributed by atoms with E-state index in [0.717, 1.165) is 31.5 Å². The Balaban J connectivity index is 1.26. The van der Waals surface area contributed by atoms with Crippen molar-refractivity contribution in [1.29, 1.82) is 0 Å². The van der Waals surface area contributed by atoms with E-state index in [-0.39, 0.29) is 0 Å². The normalized spacial score (nSPS) is 20.6. The lowest BCUT2D eigenvalue weighted by Gasteiger charge is -2.31. The molecule has 0 bridgehead atoms. The lowest BCUT2D eigenvalue weighted by molar-refractivity contribution is 0.176. The maximum absolute atomic E-state index is 4.60. The van der Waals surface area contributed by atoms with Crippen LogP contribution in [0.15, 0.2) is 10.4 Å². The predicted molar refractivity (Wildman–Crippen MR) is 124 cm³/mol. The molecule has 164 valence electrons. The summed E-state index contributed by atoms with van der Waals surface area (Å²) in [6.45, 7) is 11.2. The highest BCUT2D eigenvalue weighted by molar-refractivity contribution is 7.09. The van der Waals surface area contributed by atoms with Gasteiger partial charge in [-0.15, -0.1) is 11.3 Å². The minimum absolute atomic E-state index is 0.735. The average molecular weight is 421 g/mol. The number of aryl methyl sites for hydroxylation is 1. The molecule has 0 spiro atoms. The third-order valence-corrected chi connectivity index (χ3v) is 7.01. The topological polar surface area (TPSA) is 55.8 Å². The lowest BCUT2D eigenvalue weighted by Crippen LogP contribution is -2.43. The molecule has 2 saturated heterocycles. The molecule has 2 N–H and O–H groups in total. The zero-order valence-electron chi connectivity index (χ0n) is 18.5. The van der Waals surface area contributed by atoms with Gasteiger partial charge in [-0.25, -0.2) is 4.98 Å². The molecule has 0 saturated carbocycles. The molecule has 29 heavy (non-hydrogen) atoms. The van der Waals surface area contributed by atoms with Gasteiger partial charge in [0.2, 0.25) is 0 Å². The minimum Gasteiger partial charge on any atom is -0.356 e. The van der Waals surface area contributed by atoms with Crippen LogP contribution in [0.2, 0.25) is 0 Å². The van der Waals surface area contributed by atoms with Crippen LogP contribution in [-0.4, -0.2) is 73.6 Å². The fourth-order valence-corrected chi connectivity index (χ4v) is 4.99. The minimum atomic E-state index is 0.735. The van der Waals surface area contributed by atoms with Gasteiger partial charge in [0, 0.05) is 32.1 Å². The SMILES string of the molecule is CN=C(NCCCN1CCCCCC1)NCC1CCN(Cc2csc(C)n2)CC1. The molecule has 0 amide bonds. The van der Waals surface area contributed by atoms with Crippen LogP contribution in [0.4, 0.5) is 0 Å². The fourth-order valence-electron chi connectivity index (χ4n) is 4.39. The molecule has 3 heterocycles. The molecule has 0 unspecified atom stereocenters. The van der Waals surface area contributed by atoms with Gasteiger partial charge in [-0.1, -0.05) is 12.8 Å². The van der Waals surface area contributed by atoms with E-state index in [1.165, 1.54) is 88.4 Å². The van der Waals surface area contributed by atoms with Crippen molar-refractivity contribution in [1.82, 2.24) is 25.4 Å². The number of nitrogens with one attached hydrogen (secondary N) is 2. The molecule has 7 heteroatoms. The Morgan fingerprint density at radius 3 is 2.52 bits per heavy atom. The number of nitrogens with zero attached hydrogens (tertiary/aromatic N) is 4. The highest BCUT2D eigenvalue weighted by atomic mass is 32.1. The summed E-state index contributed by atoms with van der Waals surface area (Å²) in [6.07, 6.45) is 9.26. The lowest BCUT2D eigenvalue weighted by atomic mass is 9.97. The van der Waals surface area contributed by atoms with Crippen molar-refractivity contribution in [2.75, 3.05) is 52.9 Å². The van der Waals surface area contributed by atoms with E-state index in [4.69, 9.17) is 0 Å². The Morgan fingerprint density at radius 2 is 1.86 bits per heavy atom. The zero-order chi connectivity index (χ0) is 20.3. The number of hydrogen-bond donors (Lipinski definition) is 2. The second kappa shape index (κ2) is 12.5. The van der Waals surface area contributed by atoms with Crippen molar-refractivity contribution in [3.63, 3.8) is 0 Å². The zero-order valence-corrected chi connectivity index (χ0v) is 19.3. The molecule has 2 aliphatic rings. The molecule has 0 aromatic carbocycles. The van der Waals surface area contributed by atoms with Gasteiger partial charge in [-0.2, -0.15) is 0 Å². The Morgan fingerprint density at radius 1 is 1.10 bits per heavy atom. The smallest absolute Gasteiger partial charge is 0.190 e. The quantitative estimate of drug-likeness (QED) is 0.384. The fraction of sp³-hybridized carbons (Fsp3) is 0.818. The Kier molecular flexibility index (Phi) is 9.70. The third kappa shape index (κ3) is 8.22. The Labute approximate surface area is 181 Å². The van der Waals surface area contributed by atoms with Crippen LogP contribution >= 0.6 is 11.3 Å². The number of aromatic nitrogens is 1. The number of likely N-dealkylation sites (tertiary alicyclic amines) is 2. The van der Waals surface area contributed by atoms with Crippen LogP contribution in [0.5, 0.6) is 0 Å². The van der Waals surface area contributed by atoms with E-state index in [9.17, 15) is 0 Å². The van der Waals surface area contributed by atoms with Gasteiger partial charge in [0.25, 0.3) is 0 Å². The molecule has 1 aromatic rings. The molecule has 0 aliphatic carbocycles. The summed E-state index contributed by atoms with van der Waals surface area (Å²) >= 11 is 1.75. The first kappa shape index (κ1) is 22.5. The maximum atomic E-state index is 4.60. The maximum Gasteiger partial charge on any atom is 0.190 e. The highest BCUT2D eigenvalue weighted by Gasteiger charge is 2.20. The number of aliphatic imine (C=N–C) groups is 1. The first-order valence-electron chi connectivity index (χ1n) is 11.5. The van der Waals surface area contributed by atoms with Crippen molar-refractivity contribution in [2.24, 2.45) is 10.9 Å². The summed E-state index contributed by atoms with van der Waals surface area (Å²) in [4.78, 5) is 14.2. The van der Waals surface area contributed by atoms with Gasteiger partial charge in [0.1, 0.15) is 0 Å². The van der Waals surface area contributed by atoms with Gasteiger partial charge in [0.15, 0.2) is 5.96 Å². The second-order valence-electron chi connectivity index (χ2n) is 8.57. The van der Waals surface area contributed by atoms with Crippen LogP contribution in [0, 0.1) is 12.8 Å². The molecule has 3 rings (SSSR count). The number of hydrogen-bond acceptors (Lipinski definition) is 5. The molecule has 2 aliphatic heterocycles. The summed E-state index contributed by atoms with van der Waals surface area (Å²) in [6, 6.07) is 0. The van der Waals surface area contributed by atoms with Crippen LogP contribution < -0.4 is 10.6 Å². The summed E-state index contributed by atoms with van der Waals surface area (Å²) < 4.78 is 0. The van der Waals surface area contributed by atoms with Crippen molar-refractivity contribution >= 4 is 17.3 Å². The van der Waals surface area contributed by atoms with Gasteiger partial charge in [-0.05, 0) is 77.7 Å². The van der Waals surface area contributed by atoms with Crippen LogP contribution in [-0.2, 0) is 6.54 Å². The summed E-state index contributed by atoms with van der Waals surface area (Å²) in [5, 5.41) is 10.4. The van der Waals surface area contributed by atoms with E-state index in [1.54, 1.807) is 11.3 Å². The first-order valence-corrected chi connectivity index (χ1v) is 12.4. The molecular weight excluding hydrogens is 380 g/mol. The van der Waals surface area contributed by atoms with Crippen LogP contribution in [0.3, 0.4) is 0 Å². The van der Waals surface area contributed by atoms with Gasteiger partial charge in [0.05, 0.1) is 10.7 Å². The monoisotopic (exact) mass is 420 g/mol. The summed E-state index contributed by atoms with van der Waals surface area (Å²) in [5.41, 5.74) is 1.23. The van der Waals surface area contributed by atoms with Gasteiger partial charge >= 0.3 is 0 Å². The Bertz CT molecular complexity index is 600. The largest absolute Gasteiger partial charge is 0.356 e. The number of piperidine rings is 1. The van der Waals surface area contributed by atoms with E-state index in [2.05, 4.69) is 42.7 Å². The first-order chi connectivity index (χ1) is 14.2. The van der Waals surface area contributed by atoms with Crippen molar-refractivity contribution in [2.45, 2.75) is 58.4 Å². The third-order valence-electron chi connectivity index (χ3n) is 6.18. The Hall–Kier alpha value is -1.18.